The zero-order valence-electron chi connectivity index (χ0n) is 23.7. The molecule has 0 bridgehead atoms. The molecule has 0 spiro atoms. The highest BCUT2D eigenvalue weighted by Crippen LogP contribution is 2.35. The minimum Gasteiger partial charge on any atom is -0.371 e. The van der Waals surface area contributed by atoms with E-state index in [1.807, 2.05) is 63.1 Å². The number of fused-ring (bicyclic) bond motifs is 1. The van der Waals surface area contributed by atoms with Gasteiger partial charge in [0.1, 0.15) is 11.0 Å². The Labute approximate surface area is 237 Å². The summed E-state index contributed by atoms with van der Waals surface area (Å²) in [6.07, 6.45) is 3.68. The Morgan fingerprint density at radius 3 is 2.48 bits per heavy atom. The van der Waals surface area contributed by atoms with Gasteiger partial charge in [-0.1, -0.05) is 42.0 Å². The Morgan fingerprint density at radius 1 is 1.02 bits per heavy atom. The molecule has 40 heavy (non-hydrogen) atoms. The molecule has 1 atom stereocenters. The van der Waals surface area contributed by atoms with Crippen molar-refractivity contribution in [3.05, 3.63) is 71.4 Å². The summed E-state index contributed by atoms with van der Waals surface area (Å²) in [7, 11) is -0.376. The number of amides is 1. The molecule has 3 heterocycles. The molecule has 5 rings (SSSR count). The topological polar surface area (TPSA) is 78.2 Å². The van der Waals surface area contributed by atoms with Crippen LogP contribution in [0.4, 0.5) is 0 Å². The van der Waals surface area contributed by atoms with Crippen molar-refractivity contribution in [2.75, 3.05) is 39.3 Å². The number of aryl methyl sites for hydroxylation is 2. The number of aliphatic imine (C=N–C) groups is 1. The van der Waals surface area contributed by atoms with Crippen LogP contribution in [0.5, 0.6) is 0 Å². The van der Waals surface area contributed by atoms with Gasteiger partial charge in [-0.05, 0) is 51.0 Å². The molecule has 1 saturated heterocycles. The van der Waals surface area contributed by atoms with Crippen LogP contribution in [-0.2, 0) is 17.3 Å². The molecule has 1 aromatic heterocycles. The zero-order chi connectivity index (χ0) is 28.4. The van der Waals surface area contributed by atoms with Crippen LogP contribution in [0.3, 0.4) is 0 Å². The summed E-state index contributed by atoms with van der Waals surface area (Å²) in [4.78, 5) is 25.3. The molecule has 1 unspecified atom stereocenters. The average Bonchev–Trinajstić information content (AvgIpc) is 3.09. The van der Waals surface area contributed by atoms with Crippen molar-refractivity contribution in [3.8, 4) is 11.3 Å². The molecule has 210 valence electrons. The monoisotopic (exact) mass is 559 g/mol. The van der Waals surface area contributed by atoms with Crippen LogP contribution in [0.1, 0.15) is 36.2 Å². The molecular weight excluding hydrogens is 522 g/mol. The van der Waals surface area contributed by atoms with Crippen LogP contribution in [0, 0.1) is 6.92 Å². The third-order valence-electron chi connectivity index (χ3n) is 7.99. The van der Waals surface area contributed by atoms with Gasteiger partial charge in [-0.15, -0.1) is 0 Å². The second-order valence-electron chi connectivity index (χ2n) is 10.4. The maximum absolute atomic E-state index is 14.3. The maximum Gasteiger partial charge on any atom is 0.256 e. The lowest BCUT2D eigenvalue weighted by Crippen LogP contribution is -2.44. The Kier molecular flexibility index (Phi) is 8.23. The Hall–Kier alpha value is -3.69. The predicted molar refractivity (Wildman–Crippen MR) is 162 cm³/mol. The fourth-order valence-electron chi connectivity index (χ4n) is 5.90. The van der Waals surface area contributed by atoms with Gasteiger partial charge in [-0.2, -0.15) is 8.42 Å². The second-order valence-corrected chi connectivity index (χ2v) is 11.3. The first-order chi connectivity index (χ1) is 19.3. The number of carbonyl (C=O) groups excluding carboxylic acids is 1. The van der Waals surface area contributed by atoms with Gasteiger partial charge in [0, 0.05) is 63.4 Å². The standard InChI is InChI=1S/C31H37N5O3S/c1-5-34(6-2)24-20-27(40(38)39)30(32-21-24)35-15-10-16-36(18-17-35)31(37)28-25-19-22(3)13-14-26(25)33(4)29(28)23-11-8-7-9-12-23/h7-9,11-14,19-21,30H,5-6,10,15-18H2,1-4H3. The number of aromatic nitrogens is 1. The van der Waals surface area contributed by atoms with Gasteiger partial charge in [0.05, 0.1) is 17.0 Å². The second kappa shape index (κ2) is 11.8. The van der Waals surface area contributed by atoms with Crippen molar-refractivity contribution in [1.82, 2.24) is 19.3 Å². The van der Waals surface area contributed by atoms with Crippen LogP contribution in [0.15, 0.2) is 65.3 Å². The number of allylic oxidation sites excluding steroid dienone is 1. The Balaban J connectivity index is 1.44. The lowest BCUT2D eigenvalue weighted by atomic mass is 10.0. The minimum absolute atomic E-state index is 0.00404. The van der Waals surface area contributed by atoms with Crippen LogP contribution in [0.25, 0.3) is 22.2 Å². The number of nitrogens with zero attached hydrogens (tertiary/aromatic N) is 5. The lowest BCUT2D eigenvalue weighted by molar-refractivity contribution is 0.0763. The first kappa shape index (κ1) is 27.9. The van der Waals surface area contributed by atoms with E-state index in [2.05, 4.69) is 37.6 Å². The van der Waals surface area contributed by atoms with Gasteiger partial charge in [-0.25, -0.2) is 0 Å². The summed E-state index contributed by atoms with van der Waals surface area (Å²) in [5.41, 5.74) is 5.57. The van der Waals surface area contributed by atoms with Gasteiger partial charge in [0.2, 0.25) is 10.3 Å². The number of carbonyl (C=O) groups is 1. The van der Waals surface area contributed by atoms with Crippen LogP contribution in [-0.4, -0.2) is 90.1 Å². The maximum atomic E-state index is 14.3. The highest BCUT2D eigenvalue weighted by molar-refractivity contribution is 7.73. The summed E-state index contributed by atoms with van der Waals surface area (Å²) in [5, 5.41) is 0.954. The molecule has 2 aliphatic rings. The third kappa shape index (κ3) is 5.23. The van der Waals surface area contributed by atoms with E-state index in [4.69, 9.17) is 0 Å². The predicted octanol–water partition coefficient (Wildman–Crippen LogP) is 3.99. The third-order valence-corrected chi connectivity index (χ3v) is 8.71. The molecular formula is C31H37N5O3S. The summed E-state index contributed by atoms with van der Waals surface area (Å²) in [6.45, 7) is 9.96. The van der Waals surface area contributed by atoms with E-state index in [1.165, 1.54) is 0 Å². The number of hydrogen-bond donors (Lipinski definition) is 0. The highest BCUT2D eigenvalue weighted by Gasteiger charge is 2.31. The smallest absolute Gasteiger partial charge is 0.256 e. The molecule has 0 saturated carbocycles. The van der Waals surface area contributed by atoms with Gasteiger partial charge >= 0.3 is 0 Å². The van der Waals surface area contributed by atoms with Gasteiger partial charge in [-0.3, -0.25) is 14.7 Å². The molecule has 1 fully saturated rings. The quantitative estimate of drug-likeness (QED) is 0.427. The van der Waals surface area contributed by atoms with Crippen molar-refractivity contribution in [2.45, 2.75) is 33.4 Å². The largest absolute Gasteiger partial charge is 0.371 e. The SMILES string of the molecule is CCN(CC)C1=CC(=S(=O)=O)C(N2CCCN(C(=O)c3c(-c4ccccc4)n(C)c4ccc(C)cc34)CC2)N=C1. The van der Waals surface area contributed by atoms with Crippen LogP contribution in [0.2, 0.25) is 0 Å². The van der Waals surface area contributed by atoms with Crippen LogP contribution < -0.4 is 0 Å². The fourth-order valence-corrected chi connectivity index (χ4v) is 6.50. The zero-order valence-corrected chi connectivity index (χ0v) is 24.5. The molecule has 2 aromatic carbocycles. The van der Waals surface area contributed by atoms with E-state index < -0.39 is 16.5 Å². The first-order valence-electron chi connectivity index (χ1n) is 14.0. The summed E-state index contributed by atoms with van der Waals surface area (Å²) in [6, 6.07) is 16.3. The van der Waals surface area contributed by atoms with E-state index >= 15 is 0 Å². The van der Waals surface area contributed by atoms with Crippen molar-refractivity contribution in [1.29, 1.82) is 0 Å². The average molecular weight is 560 g/mol. The summed E-state index contributed by atoms with van der Waals surface area (Å²) < 4.78 is 26.6. The van der Waals surface area contributed by atoms with Gasteiger partial charge < -0.3 is 14.4 Å². The van der Waals surface area contributed by atoms with Gasteiger partial charge in [0.25, 0.3) is 5.91 Å². The van der Waals surface area contributed by atoms with E-state index in [0.717, 1.165) is 58.5 Å². The molecule has 2 aliphatic heterocycles. The first-order valence-corrected chi connectivity index (χ1v) is 15.0. The molecule has 0 radical (unpaired) electrons. The highest BCUT2D eigenvalue weighted by atomic mass is 32.2. The lowest BCUT2D eigenvalue weighted by Gasteiger charge is -2.31. The fraction of sp³-hybridized carbons (Fsp3) is 0.387. The van der Waals surface area contributed by atoms with E-state index in [0.29, 0.717) is 26.2 Å². The number of rotatable bonds is 6. The summed E-state index contributed by atoms with van der Waals surface area (Å²) >= 11 is 0. The van der Waals surface area contributed by atoms with Crippen molar-refractivity contribution < 1.29 is 13.2 Å². The van der Waals surface area contributed by atoms with Crippen molar-refractivity contribution in [3.63, 3.8) is 0 Å². The van der Waals surface area contributed by atoms with Crippen molar-refractivity contribution >= 4 is 38.2 Å². The molecule has 8 nitrogen and oxygen atoms in total. The number of dihydropyridines is 1. The Bertz CT molecular complexity index is 1610. The van der Waals surface area contributed by atoms with E-state index in [1.54, 1.807) is 12.3 Å². The molecule has 0 aliphatic carbocycles. The van der Waals surface area contributed by atoms with E-state index in [9.17, 15) is 13.2 Å². The number of hydrogen-bond acceptors (Lipinski definition) is 6. The van der Waals surface area contributed by atoms with Crippen molar-refractivity contribution in [2.24, 2.45) is 12.0 Å². The summed E-state index contributed by atoms with van der Waals surface area (Å²) in [5.74, 6) is 0.00404. The normalized spacial score (nSPS) is 18.1. The molecule has 1 amide bonds. The Morgan fingerprint density at radius 2 is 1.77 bits per heavy atom. The molecule has 9 heteroatoms. The minimum atomic E-state index is -2.39. The van der Waals surface area contributed by atoms with E-state index in [-0.39, 0.29) is 10.8 Å². The number of benzene rings is 2. The molecule has 0 N–H and O–H groups in total. The molecule has 3 aromatic rings. The van der Waals surface area contributed by atoms with Gasteiger partial charge in [0.15, 0.2) is 0 Å². The van der Waals surface area contributed by atoms with Crippen LogP contribution >= 0.6 is 0 Å².